The molecule has 122 valence electrons. The fourth-order valence-electron chi connectivity index (χ4n) is 2.79. The SMILES string of the molecule is OC(CCN1CCNCC1)c1ccc(Oc2ccccc2)cc1. The van der Waals surface area contributed by atoms with Crippen molar-refractivity contribution < 1.29 is 9.84 Å². The fourth-order valence-corrected chi connectivity index (χ4v) is 2.79. The van der Waals surface area contributed by atoms with Gasteiger partial charge in [-0.3, -0.25) is 0 Å². The lowest BCUT2D eigenvalue weighted by Crippen LogP contribution is -2.44. The lowest BCUT2D eigenvalue weighted by atomic mass is 10.1. The minimum Gasteiger partial charge on any atom is -0.457 e. The monoisotopic (exact) mass is 312 g/mol. The summed E-state index contributed by atoms with van der Waals surface area (Å²) in [6.45, 7) is 5.15. The maximum Gasteiger partial charge on any atom is 0.127 e. The van der Waals surface area contributed by atoms with Crippen molar-refractivity contribution in [3.8, 4) is 11.5 Å². The first-order valence-corrected chi connectivity index (χ1v) is 8.25. The van der Waals surface area contributed by atoms with E-state index in [1.807, 2.05) is 54.6 Å². The number of hydrogen-bond acceptors (Lipinski definition) is 4. The summed E-state index contributed by atoms with van der Waals surface area (Å²) < 4.78 is 5.77. The zero-order valence-corrected chi connectivity index (χ0v) is 13.3. The van der Waals surface area contributed by atoms with Gasteiger partial charge in [0.1, 0.15) is 11.5 Å². The molecule has 1 atom stereocenters. The van der Waals surface area contributed by atoms with Crippen LogP contribution in [-0.2, 0) is 0 Å². The highest BCUT2D eigenvalue weighted by molar-refractivity contribution is 5.33. The average Bonchev–Trinajstić information content (AvgIpc) is 2.62. The summed E-state index contributed by atoms with van der Waals surface area (Å²) in [6, 6.07) is 17.4. The van der Waals surface area contributed by atoms with E-state index in [0.29, 0.717) is 0 Å². The van der Waals surface area contributed by atoms with Crippen LogP contribution in [0.4, 0.5) is 0 Å². The van der Waals surface area contributed by atoms with E-state index in [1.54, 1.807) is 0 Å². The molecule has 2 aromatic rings. The van der Waals surface area contributed by atoms with Crippen LogP contribution >= 0.6 is 0 Å². The Morgan fingerprint density at radius 3 is 2.30 bits per heavy atom. The van der Waals surface area contributed by atoms with Crippen LogP contribution in [0.5, 0.6) is 11.5 Å². The summed E-state index contributed by atoms with van der Waals surface area (Å²) in [6.07, 6.45) is 0.342. The van der Waals surface area contributed by atoms with Gasteiger partial charge < -0.3 is 20.1 Å². The predicted octanol–water partition coefficient (Wildman–Crippen LogP) is 2.81. The molecule has 0 aromatic heterocycles. The zero-order chi connectivity index (χ0) is 15.9. The first-order valence-electron chi connectivity index (χ1n) is 8.25. The summed E-state index contributed by atoms with van der Waals surface area (Å²) in [5.74, 6) is 1.61. The normalized spacial score (nSPS) is 16.9. The van der Waals surface area contributed by atoms with Crippen LogP contribution in [-0.4, -0.2) is 42.7 Å². The number of rotatable bonds is 6. The average molecular weight is 312 g/mol. The highest BCUT2D eigenvalue weighted by atomic mass is 16.5. The molecule has 3 rings (SSSR count). The summed E-state index contributed by atoms with van der Waals surface area (Å²) in [5, 5.41) is 13.7. The minimum absolute atomic E-state index is 0.421. The van der Waals surface area contributed by atoms with Crippen LogP contribution in [0.15, 0.2) is 54.6 Å². The maximum atomic E-state index is 10.3. The summed E-state index contributed by atoms with van der Waals surface area (Å²) in [7, 11) is 0. The Morgan fingerprint density at radius 2 is 1.61 bits per heavy atom. The van der Waals surface area contributed by atoms with Crippen molar-refractivity contribution in [2.75, 3.05) is 32.7 Å². The van der Waals surface area contributed by atoms with Crippen LogP contribution in [0.2, 0.25) is 0 Å². The van der Waals surface area contributed by atoms with Gasteiger partial charge in [0.25, 0.3) is 0 Å². The lowest BCUT2D eigenvalue weighted by molar-refractivity contribution is 0.136. The number of nitrogens with one attached hydrogen (secondary N) is 1. The Morgan fingerprint density at radius 1 is 0.957 bits per heavy atom. The molecule has 0 saturated carbocycles. The van der Waals surface area contributed by atoms with E-state index in [4.69, 9.17) is 4.74 Å². The standard InChI is InChI=1S/C19H24N2O2/c22-19(10-13-21-14-11-20-12-15-21)16-6-8-18(9-7-16)23-17-4-2-1-3-5-17/h1-9,19-20,22H,10-15H2. The Bertz CT molecular complexity index is 580. The van der Waals surface area contributed by atoms with E-state index >= 15 is 0 Å². The second-order valence-electron chi connectivity index (χ2n) is 5.88. The van der Waals surface area contributed by atoms with Crippen molar-refractivity contribution >= 4 is 0 Å². The molecule has 1 saturated heterocycles. The fraction of sp³-hybridized carbons (Fsp3) is 0.368. The summed E-state index contributed by atoms with van der Waals surface area (Å²) >= 11 is 0. The van der Waals surface area contributed by atoms with E-state index in [9.17, 15) is 5.11 Å². The van der Waals surface area contributed by atoms with E-state index in [2.05, 4.69) is 10.2 Å². The third kappa shape index (κ3) is 4.79. The van der Waals surface area contributed by atoms with E-state index in [1.165, 1.54) is 0 Å². The molecule has 4 nitrogen and oxygen atoms in total. The molecule has 0 spiro atoms. The van der Waals surface area contributed by atoms with Crippen LogP contribution in [0.25, 0.3) is 0 Å². The van der Waals surface area contributed by atoms with Gasteiger partial charge in [0, 0.05) is 32.7 Å². The van der Waals surface area contributed by atoms with Gasteiger partial charge in [0.05, 0.1) is 6.10 Å². The number of para-hydroxylation sites is 1. The molecule has 2 aromatic carbocycles. The smallest absolute Gasteiger partial charge is 0.127 e. The summed E-state index contributed by atoms with van der Waals surface area (Å²) in [5.41, 5.74) is 0.945. The molecular weight excluding hydrogens is 288 g/mol. The van der Waals surface area contributed by atoms with Gasteiger partial charge in [0.15, 0.2) is 0 Å². The first-order chi connectivity index (χ1) is 11.3. The van der Waals surface area contributed by atoms with Gasteiger partial charge in [-0.2, -0.15) is 0 Å². The molecule has 1 aliphatic rings. The van der Waals surface area contributed by atoms with Crippen molar-refractivity contribution in [1.29, 1.82) is 0 Å². The second-order valence-corrected chi connectivity index (χ2v) is 5.88. The van der Waals surface area contributed by atoms with Gasteiger partial charge in [-0.1, -0.05) is 30.3 Å². The van der Waals surface area contributed by atoms with Crippen LogP contribution in [0, 0.1) is 0 Å². The van der Waals surface area contributed by atoms with Crippen LogP contribution in [0.3, 0.4) is 0 Å². The molecule has 2 N–H and O–H groups in total. The molecule has 0 radical (unpaired) electrons. The Kier molecular flexibility index (Phi) is 5.64. The molecule has 0 aliphatic carbocycles. The topological polar surface area (TPSA) is 44.7 Å². The maximum absolute atomic E-state index is 10.3. The lowest BCUT2D eigenvalue weighted by Gasteiger charge is -2.28. The number of benzene rings is 2. The molecule has 1 unspecified atom stereocenters. The molecular formula is C19H24N2O2. The van der Waals surface area contributed by atoms with E-state index in [-0.39, 0.29) is 0 Å². The highest BCUT2D eigenvalue weighted by Gasteiger charge is 2.13. The van der Waals surface area contributed by atoms with Gasteiger partial charge in [-0.25, -0.2) is 0 Å². The molecule has 23 heavy (non-hydrogen) atoms. The molecule has 1 aliphatic heterocycles. The molecule has 0 amide bonds. The number of hydrogen-bond donors (Lipinski definition) is 2. The molecule has 1 fully saturated rings. The van der Waals surface area contributed by atoms with Gasteiger partial charge in [-0.05, 0) is 36.2 Å². The number of aliphatic hydroxyl groups is 1. The second kappa shape index (κ2) is 8.11. The predicted molar refractivity (Wildman–Crippen MR) is 91.8 cm³/mol. The number of nitrogens with zero attached hydrogens (tertiary/aromatic N) is 1. The molecule has 4 heteroatoms. The van der Waals surface area contributed by atoms with Crippen molar-refractivity contribution in [2.24, 2.45) is 0 Å². The Labute approximate surface area is 137 Å². The largest absolute Gasteiger partial charge is 0.457 e. The van der Waals surface area contributed by atoms with Crippen molar-refractivity contribution in [1.82, 2.24) is 10.2 Å². The third-order valence-electron chi connectivity index (χ3n) is 4.17. The quantitative estimate of drug-likeness (QED) is 0.861. The number of piperazine rings is 1. The summed E-state index contributed by atoms with van der Waals surface area (Å²) in [4.78, 5) is 2.40. The zero-order valence-electron chi connectivity index (χ0n) is 13.3. The van der Waals surface area contributed by atoms with E-state index in [0.717, 1.165) is 56.2 Å². The van der Waals surface area contributed by atoms with Crippen molar-refractivity contribution in [3.05, 3.63) is 60.2 Å². The first kappa shape index (κ1) is 16.0. The van der Waals surface area contributed by atoms with Crippen molar-refractivity contribution in [2.45, 2.75) is 12.5 Å². The molecule has 0 bridgehead atoms. The van der Waals surface area contributed by atoms with Crippen LogP contribution in [0.1, 0.15) is 18.1 Å². The van der Waals surface area contributed by atoms with Crippen molar-refractivity contribution in [3.63, 3.8) is 0 Å². The van der Waals surface area contributed by atoms with Gasteiger partial charge in [0.2, 0.25) is 0 Å². The third-order valence-corrected chi connectivity index (χ3v) is 4.17. The molecule has 1 heterocycles. The number of ether oxygens (including phenoxy) is 1. The number of aliphatic hydroxyl groups excluding tert-OH is 1. The Hall–Kier alpha value is -1.88. The van der Waals surface area contributed by atoms with Gasteiger partial charge in [-0.15, -0.1) is 0 Å². The Balaban J connectivity index is 1.51. The van der Waals surface area contributed by atoms with Gasteiger partial charge >= 0.3 is 0 Å². The van der Waals surface area contributed by atoms with Crippen LogP contribution < -0.4 is 10.1 Å². The highest BCUT2D eigenvalue weighted by Crippen LogP contribution is 2.24. The minimum atomic E-state index is -0.421. The van der Waals surface area contributed by atoms with E-state index < -0.39 is 6.10 Å².